The summed E-state index contributed by atoms with van der Waals surface area (Å²) in [5, 5.41) is 0.559. The van der Waals surface area contributed by atoms with E-state index in [1.165, 1.54) is 24.3 Å². The SMILES string of the molecule is O=C1C2=C(CN1Cc1ccc(Oc3ccc(F)cc3)nc1)C(Cl)=CC=C=C2. The topological polar surface area (TPSA) is 42.4 Å². The van der Waals surface area contributed by atoms with Gasteiger partial charge in [0.05, 0.1) is 5.57 Å². The zero-order valence-corrected chi connectivity index (χ0v) is 14.9. The third-order valence-electron chi connectivity index (χ3n) is 4.24. The molecule has 2 heterocycles. The van der Waals surface area contributed by atoms with Gasteiger partial charge >= 0.3 is 0 Å². The summed E-state index contributed by atoms with van der Waals surface area (Å²) < 4.78 is 18.5. The van der Waals surface area contributed by atoms with Crippen LogP contribution in [0.15, 0.2) is 82.7 Å². The molecule has 1 aromatic carbocycles. The average molecular weight is 381 g/mol. The minimum Gasteiger partial charge on any atom is -0.439 e. The van der Waals surface area contributed by atoms with E-state index in [-0.39, 0.29) is 11.7 Å². The zero-order valence-electron chi connectivity index (χ0n) is 14.2. The molecule has 2 aliphatic rings. The van der Waals surface area contributed by atoms with E-state index in [0.29, 0.717) is 35.3 Å². The lowest BCUT2D eigenvalue weighted by Crippen LogP contribution is -2.26. The van der Waals surface area contributed by atoms with Crippen molar-refractivity contribution in [1.29, 1.82) is 0 Å². The van der Waals surface area contributed by atoms with E-state index in [2.05, 4.69) is 10.7 Å². The van der Waals surface area contributed by atoms with Crippen LogP contribution < -0.4 is 4.74 Å². The van der Waals surface area contributed by atoms with Gasteiger partial charge in [-0.25, -0.2) is 9.37 Å². The zero-order chi connectivity index (χ0) is 18.8. The Morgan fingerprint density at radius 1 is 1.22 bits per heavy atom. The second-order valence-electron chi connectivity index (χ2n) is 6.11. The molecule has 0 fully saturated rings. The van der Waals surface area contributed by atoms with Crippen molar-refractivity contribution in [2.24, 2.45) is 0 Å². The van der Waals surface area contributed by atoms with E-state index in [1.54, 1.807) is 35.4 Å². The molecule has 2 aromatic rings. The maximum atomic E-state index is 12.9. The van der Waals surface area contributed by atoms with Crippen molar-refractivity contribution in [3.05, 3.63) is 94.1 Å². The van der Waals surface area contributed by atoms with Crippen molar-refractivity contribution < 1.29 is 13.9 Å². The van der Waals surface area contributed by atoms with Gasteiger partial charge < -0.3 is 9.64 Å². The standard InChI is InChI=1S/C21H14ClFN2O2/c22-19-4-2-1-3-17-18(19)13-25(21(17)26)12-14-5-10-20(24-11-14)27-16-8-6-15(23)7-9-16/h2-11H,12-13H2. The highest BCUT2D eigenvalue weighted by atomic mass is 35.5. The number of aromatic nitrogens is 1. The molecule has 134 valence electrons. The Morgan fingerprint density at radius 3 is 2.78 bits per heavy atom. The normalized spacial score (nSPS) is 15.7. The smallest absolute Gasteiger partial charge is 0.255 e. The number of allylic oxidation sites excluding steroid dienone is 1. The van der Waals surface area contributed by atoms with Crippen molar-refractivity contribution in [2.45, 2.75) is 6.54 Å². The molecule has 1 amide bonds. The molecule has 0 radical (unpaired) electrons. The number of rotatable bonds is 4. The van der Waals surface area contributed by atoms with Crippen LogP contribution in [0, 0.1) is 5.82 Å². The van der Waals surface area contributed by atoms with Crippen molar-refractivity contribution in [3.63, 3.8) is 0 Å². The van der Waals surface area contributed by atoms with Gasteiger partial charge in [-0.05, 0) is 48.1 Å². The predicted octanol–water partition coefficient (Wildman–Crippen LogP) is 4.50. The number of ether oxygens (including phenoxy) is 1. The van der Waals surface area contributed by atoms with E-state index in [9.17, 15) is 9.18 Å². The molecule has 1 aromatic heterocycles. The van der Waals surface area contributed by atoms with E-state index in [0.717, 1.165) is 11.1 Å². The molecule has 1 aliphatic heterocycles. The molecule has 0 N–H and O–H groups in total. The first-order valence-corrected chi connectivity index (χ1v) is 8.67. The number of carbonyl (C=O) groups excluding carboxylic acids is 1. The van der Waals surface area contributed by atoms with E-state index in [1.807, 2.05) is 6.07 Å². The van der Waals surface area contributed by atoms with E-state index < -0.39 is 0 Å². The number of hydrogen-bond acceptors (Lipinski definition) is 3. The molecular formula is C21H14ClFN2O2. The fourth-order valence-corrected chi connectivity index (χ4v) is 3.11. The van der Waals surface area contributed by atoms with Gasteiger partial charge in [0, 0.05) is 36.0 Å². The second kappa shape index (κ2) is 7.23. The molecule has 6 heteroatoms. The molecule has 0 saturated carbocycles. The van der Waals surface area contributed by atoms with Gasteiger partial charge in [-0.3, -0.25) is 4.79 Å². The fourth-order valence-electron chi connectivity index (χ4n) is 2.89. The Balaban J connectivity index is 1.44. The molecule has 4 rings (SSSR count). The van der Waals surface area contributed by atoms with Gasteiger partial charge in [-0.1, -0.05) is 17.7 Å². The van der Waals surface area contributed by atoms with Crippen molar-refractivity contribution in [1.82, 2.24) is 9.88 Å². The highest BCUT2D eigenvalue weighted by molar-refractivity contribution is 6.33. The first kappa shape index (κ1) is 17.3. The van der Waals surface area contributed by atoms with Gasteiger partial charge in [0.2, 0.25) is 5.88 Å². The number of hydrogen-bond donors (Lipinski definition) is 0. The molecule has 0 saturated heterocycles. The van der Waals surface area contributed by atoms with Gasteiger partial charge in [-0.2, -0.15) is 0 Å². The summed E-state index contributed by atoms with van der Waals surface area (Å²) in [5.41, 5.74) is 5.19. The van der Waals surface area contributed by atoms with Crippen LogP contribution in [0.2, 0.25) is 0 Å². The molecule has 0 bridgehead atoms. The summed E-state index contributed by atoms with van der Waals surface area (Å²) in [7, 11) is 0. The minimum atomic E-state index is -0.326. The van der Waals surface area contributed by atoms with Gasteiger partial charge in [-0.15, -0.1) is 5.73 Å². The van der Waals surface area contributed by atoms with Crippen LogP contribution in [0.3, 0.4) is 0 Å². The Kier molecular flexibility index (Phi) is 4.63. The van der Waals surface area contributed by atoms with Crippen molar-refractivity contribution in [3.8, 4) is 11.6 Å². The summed E-state index contributed by atoms with van der Waals surface area (Å²) in [6, 6.07) is 9.27. The molecule has 0 unspecified atom stereocenters. The summed E-state index contributed by atoms with van der Waals surface area (Å²) in [6.07, 6.45) is 6.76. The average Bonchev–Trinajstić information content (AvgIpc) is 2.85. The van der Waals surface area contributed by atoms with Gasteiger partial charge in [0.15, 0.2) is 0 Å². The van der Waals surface area contributed by atoms with Crippen molar-refractivity contribution >= 4 is 17.5 Å². The molecule has 4 nitrogen and oxygen atoms in total. The van der Waals surface area contributed by atoms with Crippen LogP contribution in [0.1, 0.15) is 5.56 Å². The lowest BCUT2D eigenvalue weighted by Gasteiger charge is -2.17. The molecular weight excluding hydrogens is 367 g/mol. The van der Waals surface area contributed by atoms with E-state index in [4.69, 9.17) is 16.3 Å². The molecule has 0 atom stereocenters. The molecule has 1 aliphatic carbocycles. The van der Waals surface area contributed by atoms with E-state index >= 15 is 0 Å². The Hall–Kier alpha value is -3.14. The maximum Gasteiger partial charge on any atom is 0.255 e. The van der Waals surface area contributed by atoms with Gasteiger partial charge in [0.25, 0.3) is 5.91 Å². The monoisotopic (exact) mass is 380 g/mol. The highest BCUT2D eigenvalue weighted by Crippen LogP contribution is 2.30. The molecule has 0 spiro atoms. The summed E-state index contributed by atoms with van der Waals surface area (Å²) >= 11 is 6.24. The summed E-state index contributed by atoms with van der Waals surface area (Å²) in [4.78, 5) is 18.6. The number of pyridine rings is 1. The first-order valence-electron chi connectivity index (χ1n) is 8.29. The third kappa shape index (κ3) is 3.70. The maximum absolute atomic E-state index is 12.9. The number of amides is 1. The summed E-state index contributed by atoms with van der Waals surface area (Å²) in [5.74, 6) is 0.492. The Morgan fingerprint density at radius 2 is 2.04 bits per heavy atom. The number of carbonyl (C=O) groups is 1. The van der Waals surface area contributed by atoms with Crippen LogP contribution in [0.4, 0.5) is 4.39 Å². The highest BCUT2D eigenvalue weighted by Gasteiger charge is 2.30. The Labute approximate surface area is 160 Å². The van der Waals surface area contributed by atoms with Crippen LogP contribution in [-0.2, 0) is 11.3 Å². The van der Waals surface area contributed by atoms with Crippen LogP contribution in [-0.4, -0.2) is 22.3 Å². The quantitative estimate of drug-likeness (QED) is 0.733. The largest absolute Gasteiger partial charge is 0.439 e. The lowest BCUT2D eigenvalue weighted by molar-refractivity contribution is -0.125. The summed E-state index contributed by atoms with van der Waals surface area (Å²) in [6.45, 7) is 0.862. The van der Waals surface area contributed by atoms with Gasteiger partial charge in [0.1, 0.15) is 11.6 Å². The second-order valence-corrected chi connectivity index (χ2v) is 6.51. The first-order chi connectivity index (χ1) is 13.1. The van der Waals surface area contributed by atoms with Crippen LogP contribution >= 0.6 is 11.6 Å². The third-order valence-corrected chi connectivity index (χ3v) is 4.59. The number of benzene rings is 1. The number of halogens is 2. The van der Waals surface area contributed by atoms with Crippen molar-refractivity contribution in [2.75, 3.05) is 6.54 Å². The number of nitrogens with zero attached hydrogens (tertiary/aromatic N) is 2. The minimum absolute atomic E-state index is 0.0778. The lowest BCUT2D eigenvalue weighted by atomic mass is 10.1. The van der Waals surface area contributed by atoms with Crippen LogP contribution in [0.25, 0.3) is 0 Å². The Bertz CT molecular complexity index is 1020. The molecule has 27 heavy (non-hydrogen) atoms. The van der Waals surface area contributed by atoms with Crippen LogP contribution in [0.5, 0.6) is 11.6 Å². The fraction of sp³-hybridized carbons (Fsp3) is 0.0952. The predicted molar refractivity (Wildman–Crippen MR) is 99.7 cm³/mol.